The monoisotopic (exact) mass is 267 g/mol. The number of hydrogen-bond donors (Lipinski definition) is 1. The van der Waals surface area contributed by atoms with Crippen LogP contribution >= 0.6 is 0 Å². The number of nitrogens with zero attached hydrogens (tertiary/aromatic N) is 2. The average molecular weight is 267 g/mol. The Hall–Kier alpha value is -2.20. The van der Waals surface area contributed by atoms with E-state index < -0.39 is 0 Å². The standard InChI is InChI=1S/C16H17N3O/c1-12-6-13(8-17-7-12)11-19-15-5-3-2-4-14(15)9-18-10-16(19)20/h2-8,18H,9-11H2,1H3. The Morgan fingerprint density at radius 1 is 1.25 bits per heavy atom. The predicted octanol–water partition coefficient (Wildman–Crippen LogP) is 2.03. The highest BCUT2D eigenvalue weighted by molar-refractivity contribution is 5.96. The van der Waals surface area contributed by atoms with Gasteiger partial charge in [-0.15, -0.1) is 0 Å². The van der Waals surface area contributed by atoms with Gasteiger partial charge in [-0.1, -0.05) is 24.3 Å². The van der Waals surface area contributed by atoms with Crippen molar-refractivity contribution in [2.24, 2.45) is 0 Å². The summed E-state index contributed by atoms with van der Waals surface area (Å²) in [5, 5.41) is 3.17. The third-order valence-electron chi connectivity index (χ3n) is 3.45. The zero-order valence-electron chi connectivity index (χ0n) is 11.5. The first-order valence-electron chi connectivity index (χ1n) is 6.73. The van der Waals surface area contributed by atoms with E-state index in [-0.39, 0.29) is 5.91 Å². The number of aryl methyl sites for hydroxylation is 1. The van der Waals surface area contributed by atoms with Crippen molar-refractivity contribution in [2.75, 3.05) is 11.4 Å². The highest BCUT2D eigenvalue weighted by atomic mass is 16.2. The Morgan fingerprint density at radius 2 is 2.10 bits per heavy atom. The molecule has 1 aliphatic heterocycles. The summed E-state index contributed by atoms with van der Waals surface area (Å²) < 4.78 is 0. The van der Waals surface area contributed by atoms with Gasteiger partial charge in [0, 0.05) is 24.6 Å². The number of hydrogen-bond acceptors (Lipinski definition) is 3. The van der Waals surface area contributed by atoms with Crippen molar-refractivity contribution in [1.29, 1.82) is 0 Å². The van der Waals surface area contributed by atoms with Crippen molar-refractivity contribution in [1.82, 2.24) is 10.3 Å². The van der Waals surface area contributed by atoms with Crippen molar-refractivity contribution < 1.29 is 4.79 Å². The molecule has 1 aromatic heterocycles. The fourth-order valence-corrected chi connectivity index (χ4v) is 2.52. The van der Waals surface area contributed by atoms with Crippen LogP contribution < -0.4 is 10.2 Å². The van der Waals surface area contributed by atoms with Gasteiger partial charge in [0.05, 0.1) is 13.1 Å². The maximum Gasteiger partial charge on any atom is 0.241 e. The van der Waals surface area contributed by atoms with Gasteiger partial charge in [0.25, 0.3) is 0 Å². The number of amides is 1. The number of carbonyl (C=O) groups excluding carboxylic acids is 1. The number of fused-ring (bicyclic) bond motifs is 1. The van der Waals surface area contributed by atoms with Crippen LogP contribution in [0.3, 0.4) is 0 Å². The van der Waals surface area contributed by atoms with Crippen LogP contribution in [0.15, 0.2) is 42.7 Å². The van der Waals surface area contributed by atoms with E-state index in [1.807, 2.05) is 42.4 Å². The molecule has 2 aromatic rings. The maximum atomic E-state index is 12.3. The third kappa shape index (κ3) is 2.56. The van der Waals surface area contributed by atoms with Crippen molar-refractivity contribution in [2.45, 2.75) is 20.0 Å². The molecule has 0 aliphatic carbocycles. The van der Waals surface area contributed by atoms with Gasteiger partial charge < -0.3 is 10.2 Å². The van der Waals surface area contributed by atoms with Gasteiger partial charge in [0.1, 0.15) is 0 Å². The molecule has 20 heavy (non-hydrogen) atoms. The molecule has 1 amide bonds. The summed E-state index contributed by atoms with van der Waals surface area (Å²) in [6.45, 7) is 3.67. The first-order valence-corrected chi connectivity index (χ1v) is 6.73. The number of benzene rings is 1. The first kappa shape index (κ1) is 12.8. The fourth-order valence-electron chi connectivity index (χ4n) is 2.52. The van der Waals surface area contributed by atoms with Crippen LogP contribution in [0, 0.1) is 6.92 Å². The molecule has 0 spiro atoms. The minimum absolute atomic E-state index is 0.0939. The molecule has 0 unspecified atom stereocenters. The summed E-state index contributed by atoms with van der Waals surface area (Å²) >= 11 is 0. The molecular formula is C16H17N3O. The molecule has 102 valence electrons. The highest BCUT2D eigenvalue weighted by Crippen LogP contribution is 2.24. The number of carbonyl (C=O) groups is 1. The van der Waals surface area contributed by atoms with Gasteiger partial charge in [0.15, 0.2) is 0 Å². The SMILES string of the molecule is Cc1cncc(CN2C(=O)CNCc3ccccc32)c1. The Kier molecular flexibility index (Phi) is 3.48. The van der Waals surface area contributed by atoms with Crippen molar-refractivity contribution in [3.63, 3.8) is 0 Å². The molecule has 3 rings (SSSR count). The van der Waals surface area contributed by atoms with Gasteiger partial charge in [-0.25, -0.2) is 0 Å². The van der Waals surface area contributed by atoms with Crippen LogP contribution in [0.1, 0.15) is 16.7 Å². The quantitative estimate of drug-likeness (QED) is 0.905. The second-order valence-electron chi connectivity index (χ2n) is 5.08. The molecule has 1 aromatic carbocycles. The number of aromatic nitrogens is 1. The first-order chi connectivity index (χ1) is 9.74. The lowest BCUT2D eigenvalue weighted by molar-refractivity contribution is -0.117. The van der Waals surface area contributed by atoms with Gasteiger partial charge in [-0.05, 0) is 29.7 Å². The summed E-state index contributed by atoms with van der Waals surface area (Å²) in [6, 6.07) is 10.1. The van der Waals surface area contributed by atoms with E-state index in [1.165, 1.54) is 0 Å². The van der Waals surface area contributed by atoms with Crippen LogP contribution in [0.5, 0.6) is 0 Å². The predicted molar refractivity (Wildman–Crippen MR) is 78.3 cm³/mol. The van der Waals surface area contributed by atoms with E-state index >= 15 is 0 Å². The number of nitrogens with one attached hydrogen (secondary N) is 1. The van der Waals surface area contributed by atoms with Gasteiger partial charge in [-0.2, -0.15) is 0 Å². The van der Waals surface area contributed by atoms with E-state index in [1.54, 1.807) is 0 Å². The molecule has 0 radical (unpaired) electrons. The zero-order valence-corrected chi connectivity index (χ0v) is 11.5. The third-order valence-corrected chi connectivity index (χ3v) is 3.45. The van der Waals surface area contributed by atoms with E-state index in [4.69, 9.17) is 0 Å². The highest BCUT2D eigenvalue weighted by Gasteiger charge is 2.21. The molecule has 0 fully saturated rings. The van der Waals surface area contributed by atoms with Crippen LogP contribution in [0.2, 0.25) is 0 Å². The molecule has 2 heterocycles. The second-order valence-corrected chi connectivity index (χ2v) is 5.08. The summed E-state index contributed by atoms with van der Waals surface area (Å²) in [5.41, 5.74) is 4.30. The topological polar surface area (TPSA) is 45.2 Å². The fraction of sp³-hybridized carbons (Fsp3) is 0.250. The van der Waals surface area contributed by atoms with Crippen LogP contribution in [0.25, 0.3) is 0 Å². The van der Waals surface area contributed by atoms with Crippen molar-refractivity contribution in [3.05, 3.63) is 59.4 Å². The summed E-state index contributed by atoms with van der Waals surface area (Å²) in [4.78, 5) is 18.3. The number of pyridine rings is 1. The zero-order chi connectivity index (χ0) is 13.9. The Bertz CT molecular complexity index is 639. The minimum atomic E-state index is 0.0939. The summed E-state index contributed by atoms with van der Waals surface area (Å²) in [7, 11) is 0. The molecule has 1 N–H and O–H groups in total. The average Bonchev–Trinajstić information content (AvgIpc) is 2.59. The van der Waals surface area contributed by atoms with Gasteiger partial charge in [0.2, 0.25) is 5.91 Å². The molecule has 0 saturated heterocycles. The normalized spacial score (nSPS) is 14.8. The van der Waals surface area contributed by atoms with Crippen molar-refractivity contribution in [3.8, 4) is 0 Å². The summed E-state index contributed by atoms with van der Waals surface area (Å²) in [6.07, 6.45) is 3.64. The lowest BCUT2D eigenvalue weighted by Crippen LogP contribution is -2.35. The molecule has 0 bridgehead atoms. The molecule has 4 heteroatoms. The smallest absolute Gasteiger partial charge is 0.241 e. The van der Waals surface area contributed by atoms with Crippen LogP contribution in [-0.4, -0.2) is 17.4 Å². The molecular weight excluding hydrogens is 250 g/mol. The lowest BCUT2D eigenvalue weighted by Gasteiger charge is -2.22. The molecule has 4 nitrogen and oxygen atoms in total. The Morgan fingerprint density at radius 3 is 2.95 bits per heavy atom. The van der Waals surface area contributed by atoms with E-state index in [2.05, 4.69) is 22.4 Å². The second kappa shape index (κ2) is 5.43. The molecule has 0 saturated carbocycles. The van der Waals surface area contributed by atoms with E-state index in [9.17, 15) is 4.79 Å². The van der Waals surface area contributed by atoms with Crippen molar-refractivity contribution >= 4 is 11.6 Å². The van der Waals surface area contributed by atoms with E-state index in [0.29, 0.717) is 13.1 Å². The number of para-hydroxylation sites is 1. The maximum absolute atomic E-state index is 12.3. The molecule has 0 atom stereocenters. The number of anilines is 1. The Labute approximate surface area is 118 Å². The van der Waals surface area contributed by atoms with E-state index in [0.717, 1.165) is 28.9 Å². The van der Waals surface area contributed by atoms with Gasteiger partial charge >= 0.3 is 0 Å². The van der Waals surface area contributed by atoms with Crippen LogP contribution in [0.4, 0.5) is 5.69 Å². The Balaban J connectivity index is 1.96. The lowest BCUT2D eigenvalue weighted by atomic mass is 10.1. The minimum Gasteiger partial charge on any atom is -0.307 e. The summed E-state index contributed by atoms with van der Waals surface area (Å²) in [5.74, 6) is 0.0939. The molecule has 1 aliphatic rings. The van der Waals surface area contributed by atoms with Crippen LogP contribution in [-0.2, 0) is 17.9 Å². The number of rotatable bonds is 2. The van der Waals surface area contributed by atoms with Gasteiger partial charge in [-0.3, -0.25) is 9.78 Å². The largest absolute Gasteiger partial charge is 0.307 e.